The smallest absolute Gasteiger partial charge is 0.211 e. The molecule has 26 heavy (non-hydrogen) atoms. The zero-order valence-electron chi connectivity index (χ0n) is 15.4. The Kier molecular flexibility index (Phi) is 5.60. The van der Waals surface area contributed by atoms with Crippen molar-refractivity contribution in [1.29, 1.82) is 0 Å². The van der Waals surface area contributed by atoms with Gasteiger partial charge in [-0.1, -0.05) is 29.6 Å². The molecule has 2 aromatic rings. The third-order valence-electron chi connectivity index (χ3n) is 5.43. The average Bonchev–Trinajstić information content (AvgIpc) is 3.08. The number of likely N-dealkylation sites (tertiary alicyclic amines) is 1. The molecule has 0 saturated carbocycles. The predicted octanol–water partition coefficient (Wildman–Crippen LogP) is 4.52. The van der Waals surface area contributed by atoms with Crippen LogP contribution in [-0.2, 0) is 0 Å². The summed E-state index contributed by atoms with van der Waals surface area (Å²) < 4.78 is 0. The Morgan fingerprint density at radius 2 is 2.04 bits per heavy atom. The zero-order chi connectivity index (χ0) is 17.8. The second-order valence-corrected chi connectivity index (χ2v) is 8.61. The molecule has 0 amide bonds. The molecule has 5 nitrogen and oxygen atoms in total. The van der Waals surface area contributed by atoms with Crippen molar-refractivity contribution in [3.8, 4) is 0 Å². The van der Waals surface area contributed by atoms with Crippen molar-refractivity contribution in [2.75, 3.05) is 25.0 Å². The van der Waals surface area contributed by atoms with Gasteiger partial charge in [0.2, 0.25) is 5.13 Å². The monoisotopic (exact) mass is 369 g/mol. The van der Waals surface area contributed by atoms with Crippen LogP contribution in [0.3, 0.4) is 0 Å². The summed E-state index contributed by atoms with van der Waals surface area (Å²) in [4.78, 5) is 7.50. The Hall–Kier alpha value is -1.79. The van der Waals surface area contributed by atoms with Gasteiger partial charge in [0.15, 0.2) is 0 Å². The first-order chi connectivity index (χ1) is 12.8. The lowest BCUT2D eigenvalue weighted by Crippen LogP contribution is -2.37. The van der Waals surface area contributed by atoms with Gasteiger partial charge in [0.1, 0.15) is 10.8 Å². The first-order valence-corrected chi connectivity index (χ1v) is 10.5. The Balaban J connectivity index is 1.32. The lowest BCUT2D eigenvalue weighted by atomic mass is 9.90. The van der Waals surface area contributed by atoms with E-state index in [1.807, 2.05) is 13.0 Å². The molecular weight excluding hydrogens is 342 g/mol. The molecule has 1 atom stereocenters. The van der Waals surface area contributed by atoms with Crippen molar-refractivity contribution in [3.05, 3.63) is 41.1 Å². The summed E-state index contributed by atoms with van der Waals surface area (Å²) in [5, 5.41) is 13.2. The number of piperidine rings is 1. The fraction of sp³-hybridized carbons (Fsp3) is 0.550. The Bertz CT molecular complexity index is 748. The van der Waals surface area contributed by atoms with Gasteiger partial charge in [0.25, 0.3) is 0 Å². The molecule has 3 heterocycles. The normalized spacial score (nSPS) is 21.8. The minimum Gasteiger partial charge on any atom is -0.315 e. The molecular formula is C20H27N5S. The summed E-state index contributed by atoms with van der Waals surface area (Å²) >= 11 is 1.56. The molecule has 138 valence electrons. The Morgan fingerprint density at radius 3 is 2.77 bits per heavy atom. The highest BCUT2D eigenvalue weighted by Crippen LogP contribution is 2.29. The molecule has 1 aliphatic carbocycles. The van der Waals surface area contributed by atoms with E-state index in [0.29, 0.717) is 5.92 Å². The molecule has 1 saturated heterocycles. The molecule has 0 aromatic carbocycles. The van der Waals surface area contributed by atoms with Gasteiger partial charge in [-0.25, -0.2) is 4.98 Å². The van der Waals surface area contributed by atoms with E-state index in [9.17, 15) is 0 Å². The summed E-state index contributed by atoms with van der Waals surface area (Å²) in [6, 6.07) is 6.27. The number of pyridine rings is 1. The van der Waals surface area contributed by atoms with Gasteiger partial charge in [-0.3, -0.25) is 0 Å². The van der Waals surface area contributed by atoms with Crippen LogP contribution < -0.4 is 5.32 Å². The molecule has 0 bridgehead atoms. The third-order valence-corrected chi connectivity index (χ3v) is 6.19. The van der Waals surface area contributed by atoms with Crippen LogP contribution in [0.4, 0.5) is 10.9 Å². The fourth-order valence-corrected chi connectivity index (χ4v) is 4.60. The molecule has 0 radical (unpaired) electrons. The average molecular weight is 370 g/mol. The van der Waals surface area contributed by atoms with E-state index in [0.717, 1.165) is 21.9 Å². The van der Waals surface area contributed by atoms with Crippen molar-refractivity contribution in [3.63, 3.8) is 0 Å². The molecule has 6 heteroatoms. The van der Waals surface area contributed by atoms with Gasteiger partial charge in [-0.2, -0.15) is 0 Å². The number of aromatic nitrogens is 3. The van der Waals surface area contributed by atoms with E-state index in [4.69, 9.17) is 4.98 Å². The van der Waals surface area contributed by atoms with Crippen LogP contribution in [0.1, 0.15) is 48.7 Å². The SMILES string of the molecule is Cc1nnc(Nc2cccc(C3CCN(C[C@@H]4CC=CCC4)CC3)n2)s1. The van der Waals surface area contributed by atoms with E-state index in [1.54, 1.807) is 11.3 Å². The van der Waals surface area contributed by atoms with Crippen LogP contribution in [0.25, 0.3) is 0 Å². The molecule has 1 aliphatic heterocycles. The van der Waals surface area contributed by atoms with Crippen LogP contribution in [-0.4, -0.2) is 39.7 Å². The van der Waals surface area contributed by atoms with Crippen molar-refractivity contribution in [2.45, 2.75) is 44.9 Å². The van der Waals surface area contributed by atoms with E-state index in [2.05, 4.69) is 44.7 Å². The van der Waals surface area contributed by atoms with Crippen molar-refractivity contribution in [2.24, 2.45) is 5.92 Å². The first-order valence-electron chi connectivity index (χ1n) is 9.68. The molecule has 0 spiro atoms. The second-order valence-electron chi connectivity index (χ2n) is 7.42. The maximum atomic E-state index is 4.84. The third kappa shape index (κ3) is 4.48. The molecule has 4 rings (SSSR count). The minimum absolute atomic E-state index is 0.565. The van der Waals surface area contributed by atoms with Crippen LogP contribution in [0.2, 0.25) is 0 Å². The largest absolute Gasteiger partial charge is 0.315 e. The summed E-state index contributed by atoms with van der Waals surface area (Å²) in [5.41, 5.74) is 1.21. The molecule has 1 N–H and O–H groups in total. The number of aryl methyl sites for hydroxylation is 1. The maximum absolute atomic E-state index is 4.84. The van der Waals surface area contributed by atoms with E-state index in [-0.39, 0.29) is 0 Å². The van der Waals surface area contributed by atoms with E-state index in [1.165, 1.54) is 57.4 Å². The van der Waals surface area contributed by atoms with Crippen molar-refractivity contribution in [1.82, 2.24) is 20.1 Å². The van der Waals surface area contributed by atoms with Gasteiger partial charge in [-0.05, 0) is 70.2 Å². The van der Waals surface area contributed by atoms with E-state index < -0.39 is 0 Å². The predicted molar refractivity (Wildman–Crippen MR) is 107 cm³/mol. The minimum atomic E-state index is 0.565. The lowest BCUT2D eigenvalue weighted by molar-refractivity contribution is 0.177. The summed E-state index contributed by atoms with van der Waals surface area (Å²) in [7, 11) is 0. The number of rotatable bonds is 5. The van der Waals surface area contributed by atoms with E-state index >= 15 is 0 Å². The second kappa shape index (κ2) is 8.27. The molecule has 1 fully saturated rings. The van der Waals surface area contributed by atoms with Gasteiger partial charge >= 0.3 is 0 Å². The van der Waals surface area contributed by atoms with Gasteiger partial charge in [0, 0.05) is 18.2 Å². The summed E-state index contributed by atoms with van der Waals surface area (Å²) in [6.45, 7) is 5.62. The van der Waals surface area contributed by atoms with Crippen molar-refractivity contribution < 1.29 is 0 Å². The van der Waals surface area contributed by atoms with Gasteiger partial charge in [-0.15, -0.1) is 10.2 Å². The number of nitrogens with zero attached hydrogens (tertiary/aromatic N) is 4. The first kappa shape index (κ1) is 17.6. The van der Waals surface area contributed by atoms with Gasteiger partial charge < -0.3 is 10.2 Å². The van der Waals surface area contributed by atoms with Crippen LogP contribution >= 0.6 is 11.3 Å². The van der Waals surface area contributed by atoms with Crippen LogP contribution in [0, 0.1) is 12.8 Å². The topological polar surface area (TPSA) is 53.9 Å². The lowest BCUT2D eigenvalue weighted by Gasteiger charge is -2.34. The number of hydrogen-bond acceptors (Lipinski definition) is 6. The summed E-state index contributed by atoms with van der Waals surface area (Å²) in [6.07, 6.45) is 11.0. The van der Waals surface area contributed by atoms with Gasteiger partial charge in [0.05, 0.1) is 0 Å². The molecule has 0 unspecified atom stereocenters. The number of hydrogen-bond donors (Lipinski definition) is 1. The van der Waals surface area contributed by atoms with Crippen molar-refractivity contribution >= 4 is 22.3 Å². The molecule has 2 aliphatic rings. The fourth-order valence-electron chi connectivity index (χ4n) is 4.00. The Morgan fingerprint density at radius 1 is 1.15 bits per heavy atom. The maximum Gasteiger partial charge on any atom is 0.211 e. The Labute approximate surface area is 159 Å². The highest BCUT2D eigenvalue weighted by Gasteiger charge is 2.23. The zero-order valence-corrected chi connectivity index (χ0v) is 16.2. The number of allylic oxidation sites excluding steroid dienone is 2. The number of anilines is 2. The highest BCUT2D eigenvalue weighted by molar-refractivity contribution is 7.15. The van der Waals surface area contributed by atoms with Crippen LogP contribution in [0.5, 0.6) is 0 Å². The highest BCUT2D eigenvalue weighted by atomic mass is 32.1. The number of nitrogens with one attached hydrogen (secondary N) is 1. The standard InChI is InChI=1S/C20H27N5S/c1-15-23-24-20(26-15)22-19-9-5-8-18(21-19)17-10-12-25(13-11-17)14-16-6-3-2-4-7-16/h2-3,5,8-9,16-17H,4,6-7,10-14H2,1H3,(H,21,22,24)/t16-/m1/s1. The molecule has 2 aromatic heterocycles. The van der Waals surface area contributed by atoms with Crippen LogP contribution in [0.15, 0.2) is 30.4 Å². The summed E-state index contributed by atoms with van der Waals surface area (Å²) in [5.74, 6) is 2.29. The quantitative estimate of drug-likeness (QED) is 0.785.